The molecule has 8 heteroatoms. The molecule has 3 heterocycles. The second-order valence-electron chi connectivity index (χ2n) is 6.34. The molecule has 1 aliphatic heterocycles. The zero-order valence-electron chi connectivity index (χ0n) is 15.3. The summed E-state index contributed by atoms with van der Waals surface area (Å²) in [6.45, 7) is 2.46. The van der Waals surface area contributed by atoms with E-state index >= 15 is 0 Å². The first kappa shape index (κ1) is 18.8. The molecule has 0 fully saturated rings. The third-order valence-corrected chi connectivity index (χ3v) is 4.39. The summed E-state index contributed by atoms with van der Waals surface area (Å²) in [6, 6.07) is 7.40. The van der Waals surface area contributed by atoms with Crippen molar-refractivity contribution in [3.8, 4) is 5.88 Å². The molecule has 2 aromatic rings. The number of pyridine rings is 2. The Bertz CT molecular complexity index is 839. The predicted molar refractivity (Wildman–Crippen MR) is 97.0 cm³/mol. The van der Waals surface area contributed by atoms with Gasteiger partial charge in [-0.2, -0.15) is 0 Å². The quantitative estimate of drug-likeness (QED) is 0.743. The van der Waals surface area contributed by atoms with Crippen LogP contribution in [0.1, 0.15) is 34.2 Å². The Balaban J connectivity index is 1.72. The van der Waals surface area contributed by atoms with Crippen molar-refractivity contribution in [3.05, 3.63) is 53.0 Å². The van der Waals surface area contributed by atoms with E-state index in [0.717, 1.165) is 5.69 Å². The number of nitrogens with zero attached hydrogens (tertiary/aromatic N) is 3. The number of rotatable bonds is 7. The number of aliphatic hydroxyl groups excluding tert-OH is 1. The van der Waals surface area contributed by atoms with Gasteiger partial charge in [0, 0.05) is 37.0 Å². The van der Waals surface area contributed by atoms with E-state index in [2.05, 4.69) is 15.3 Å². The van der Waals surface area contributed by atoms with Crippen molar-refractivity contribution in [2.45, 2.75) is 32.5 Å². The first-order valence-electron chi connectivity index (χ1n) is 8.71. The van der Waals surface area contributed by atoms with Crippen LogP contribution in [0, 0.1) is 0 Å². The van der Waals surface area contributed by atoms with Gasteiger partial charge in [-0.3, -0.25) is 14.6 Å². The molecule has 0 unspecified atom stereocenters. The molecule has 2 aromatic heterocycles. The van der Waals surface area contributed by atoms with Gasteiger partial charge in [-0.15, -0.1) is 0 Å². The predicted octanol–water partition coefficient (Wildman–Crippen LogP) is 0.681. The molecular weight excluding hydrogens is 348 g/mol. The number of fused-ring (bicyclic) bond motifs is 1. The number of hydrogen-bond acceptors (Lipinski definition) is 6. The van der Waals surface area contributed by atoms with Gasteiger partial charge in [-0.1, -0.05) is 6.07 Å². The Hall–Kier alpha value is -3.00. The Morgan fingerprint density at radius 3 is 2.93 bits per heavy atom. The minimum atomic E-state index is -1.11. The highest BCUT2D eigenvalue weighted by molar-refractivity contribution is 5.98. The molecule has 8 nitrogen and oxygen atoms in total. The van der Waals surface area contributed by atoms with Crippen molar-refractivity contribution in [2.75, 3.05) is 13.7 Å². The molecule has 0 bridgehead atoms. The zero-order valence-corrected chi connectivity index (χ0v) is 15.3. The summed E-state index contributed by atoms with van der Waals surface area (Å²) in [4.78, 5) is 34.7. The number of aromatic nitrogens is 2. The number of amides is 2. The lowest BCUT2D eigenvalue weighted by atomic mass is 10.1. The molecule has 3 rings (SSSR count). The molecule has 0 saturated heterocycles. The monoisotopic (exact) mass is 370 g/mol. The standard InChI is InChI=1S/C19H22N4O4/c1-12(24)17(25)21-10-13-9-15-16(22-18(13)27-2)11-23(19(15)26)8-6-14-5-3-4-7-20-14/h3-5,7,9,12,24H,6,8,10-11H2,1-2H3,(H,21,25)/t12-/m0/s1. The van der Waals surface area contributed by atoms with E-state index in [1.165, 1.54) is 14.0 Å². The fraction of sp³-hybridized carbons (Fsp3) is 0.368. The van der Waals surface area contributed by atoms with Crippen molar-refractivity contribution in [3.63, 3.8) is 0 Å². The molecule has 1 atom stereocenters. The lowest BCUT2D eigenvalue weighted by molar-refractivity contribution is -0.128. The van der Waals surface area contributed by atoms with Crippen LogP contribution in [0.4, 0.5) is 0 Å². The molecule has 0 aromatic carbocycles. The molecule has 0 radical (unpaired) electrons. The first-order chi connectivity index (χ1) is 13.0. The highest BCUT2D eigenvalue weighted by Crippen LogP contribution is 2.27. The lowest BCUT2D eigenvalue weighted by Crippen LogP contribution is -2.32. The van der Waals surface area contributed by atoms with E-state index in [1.54, 1.807) is 17.2 Å². The van der Waals surface area contributed by atoms with E-state index in [9.17, 15) is 14.7 Å². The highest BCUT2D eigenvalue weighted by Gasteiger charge is 2.30. The summed E-state index contributed by atoms with van der Waals surface area (Å²) in [5.41, 5.74) is 2.68. The van der Waals surface area contributed by atoms with Crippen molar-refractivity contribution >= 4 is 11.8 Å². The normalized spacial score (nSPS) is 14.0. The molecule has 0 aliphatic carbocycles. The zero-order chi connectivity index (χ0) is 19.4. The molecule has 2 amide bonds. The third kappa shape index (κ3) is 4.22. The number of nitrogens with one attached hydrogen (secondary N) is 1. The van der Waals surface area contributed by atoms with E-state index in [1.807, 2.05) is 18.2 Å². The van der Waals surface area contributed by atoms with Gasteiger partial charge in [0.1, 0.15) is 6.10 Å². The first-order valence-corrected chi connectivity index (χ1v) is 8.71. The Morgan fingerprint density at radius 2 is 2.26 bits per heavy atom. The minimum Gasteiger partial charge on any atom is -0.481 e. The van der Waals surface area contributed by atoms with Crippen LogP contribution in [0.5, 0.6) is 5.88 Å². The Morgan fingerprint density at radius 1 is 1.44 bits per heavy atom. The van der Waals surface area contributed by atoms with Crippen LogP contribution >= 0.6 is 0 Å². The van der Waals surface area contributed by atoms with Crippen molar-refractivity contribution in [1.29, 1.82) is 0 Å². The number of methoxy groups -OCH3 is 1. The maximum atomic E-state index is 12.7. The van der Waals surface area contributed by atoms with Crippen LogP contribution in [-0.2, 0) is 24.3 Å². The van der Waals surface area contributed by atoms with Crippen LogP contribution in [0.15, 0.2) is 30.5 Å². The van der Waals surface area contributed by atoms with Gasteiger partial charge in [0.2, 0.25) is 11.8 Å². The van der Waals surface area contributed by atoms with Crippen molar-refractivity contribution in [1.82, 2.24) is 20.2 Å². The summed E-state index contributed by atoms with van der Waals surface area (Å²) in [6.07, 6.45) is 1.28. The van der Waals surface area contributed by atoms with Gasteiger partial charge < -0.3 is 20.1 Å². The number of carbonyl (C=O) groups excluding carboxylic acids is 2. The Labute approximate surface area is 157 Å². The van der Waals surface area contributed by atoms with E-state index < -0.39 is 12.0 Å². The number of aliphatic hydroxyl groups is 1. The van der Waals surface area contributed by atoms with Gasteiger partial charge in [0.25, 0.3) is 5.91 Å². The number of ether oxygens (including phenoxy) is 1. The molecule has 27 heavy (non-hydrogen) atoms. The fourth-order valence-electron chi connectivity index (χ4n) is 2.91. The van der Waals surface area contributed by atoms with Crippen LogP contribution in [-0.4, -0.2) is 51.5 Å². The van der Waals surface area contributed by atoms with Gasteiger partial charge >= 0.3 is 0 Å². The van der Waals surface area contributed by atoms with Crippen molar-refractivity contribution in [2.24, 2.45) is 0 Å². The average Bonchev–Trinajstić information content (AvgIpc) is 2.99. The summed E-state index contributed by atoms with van der Waals surface area (Å²) in [5.74, 6) is -0.237. The van der Waals surface area contributed by atoms with Crippen molar-refractivity contribution < 1.29 is 19.4 Å². The summed E-state index contributed by atoms with van der Waals surface area (Å²) in [5, 5.41) is 11.9. The van der Waals surface area contributed by atoms with E-state index in [4.69, 9.17) is 4.74 Å². The summed E-state index contributed by atoms with van der Waals surface area (Å²) < 4.78 is 5.30. The third-order valence-electron chi connectivity index (χ3n) is 4.39. The van der Waals surface area contributed by atoms with Crippen LogP contribution in [0.2, 0.25) is 0 Å². The summed E-state index contributed by atoms with van der Waals surface area (Å²) >= 11 is 0. The molecule has 0 saturated carbocycles. The molecule has 0 spiro atoms. The van der Waals surface area contributed by atoms with Crippen LogP contribution < -0.4 is 10.1 Å². The van der Waals surface area contributed by atoms with Gasteiger partial charge in [-0.05, 0) is 25.1 Å². The van der Waals surface area contributed by atoms with Gasteiger partial charge in [0.15, 0.2) is 0 Å². The second kappa shape index (κ2) is 8.13. The summed E-state index contributed by atoms with van der Waals surface area (Å²) in [7, 11) is 1.49. The second-order valence-corrected chi connectivity index (χ2v) is 6.34. The minimum absolute atomic E-state index is 0.0980. The SMILES string of the molecule is COc1nc2c(cc1CNC(=O)[C@H](C)O)C(=O)N(CCc1ccccn1)C2. The fourth-order valence-corrected chi connectivity index (χ4v) is 2.91. The van der Waals surface area contributed by atoms with E-state index in [0.29, 0.717) is 42.2 Å². The number of carbonyl (C=O) groups is 2. The smallest absolute Gasteiger partial charge is 0.256 e. The molecular formula is C19H22N4O4. The largest absolute Gasteiger partial charge is 0.481 e. The molecule has 1 aliphatic rings. The maximum absolute atomic E-state index is 12.7. The Kier molecular flexibility index (Phi) is 5.66. The molecule has 142 valence electrons. The van der Waals surface area contributed by atoms with Gasteiger partial charge in [0.05, 0.1) is 24.9 Å². The highest BCUT2D eigenvalue weighted by atomic mass is 16.5. The van der Waals surface area contributed by atoms with E-state index in [-0.39, 0.29) is 12.5 Å². The van der Waals surface area contributed by atoms with Gasteiger partial charge in [-0.25, -0.2) is 4.98 Å². The number of hydrogen-bond donors (Lipinski definition) is 2. The lowest BCUT2D eigenvalue weighted by Gasteiger charge is -2.14. The topological polar surface area (TPSA) is 105 Å². The van der Waals surface area contributed by atoms with Crippen LogP contribution in [0.3, 0.4) is 0 Å². The van der Waals surface area contributed by atoms with Crippen LogP contribution in [0.25, 0.3) is 0 Å². The maximum Gasteiger partial charge on any atom is 0.256 e. The average molecular weight is 370 g/mol. The molecule has 2 N–H and O–H groups in total.